The van der Waals surface area contributed by atoms with Crippen LogP contribution < -0.4 is 5.32 Å². The molecule has 1 heterocycles. The number of hydrogen-bond donors (Lipinski definition) is 1. The zero-order valence-electron chi connectivity index (χ0n) is 13.2. The lowest BCUT2D eigenvalue weighted by atomic mass is 10.1. The zero-order valence-corrected chi connectivity index (χ0v) is 14.8. The number of unbranched alkanes of at least 4 members (excludes halogenated alkanes) is 1. The lowest BCUT2D eigenvalue weighted by Gasteiger charge is -2.10. The molecular weight excluding hydrogens is 314 g/mol. The highest BCUT2D eigenvalue weighted by atomic mass is 33.1. The molecule has 1 atom stereocenters. The topological polar surface area (TPSA) is 38.3 Å². The fourth-order valence-electron chi connectivity index (χ4n) is 2.53. The zero-order chi connectivity index (χ0) is 15.6. The van der Waals surface area contributed by atoms with E-state index < -0.39 is 0 Å². The van der Waals surface area contributed by atoms with Gasteiger partial charge in [0.05, 0.1) is 6.61 Å². The number of methoxy groups -OCH3 is 1. The SMILES string of the molecule is COCc1ccccc1CNC(=O)CCCCC1CCSS1. The summed E-state index contributed by atoms with van der Waals surface area (Å²) in [6.07, 6.45) is 5.37. The highest BCUT2D eigenvalue weighted by Crippen LogP contribution is 2.39. The monoisotopic (exact) mass is 339 g/mol. The van der Waals surface area contributed by atoms with Crippen LogP contribution in [0.2, 0.25) is 0 Å². The lowest BCUT2D eigenvalue weighted by Crippen LogP contribution is -2.23. The standard InChI is InChI=1S/C17H25NO2S2/c1-20-13-15-7-3-2-6-14(15)12-18-17(19)9-5-4-8-16-10-11-21-22-16/h2-3,6-7,16H,4-5,8-13H2,1H3,(H,18,19). The number of nitrogens with one attached hydrogen (secondary N) is 1. The molecule has 1 fully saturated rings. The molecule has 3 nitrogen and oxygen atoms in total. The first-order valence-corrected chi connectivity index (χ1v) is 10.3. The summed E-state index contributed by atoms with van der Waals surface area (Å²) < 4.78 is 5.19. The number of ether oxygens (including phenoxy) is 1. The summed E-state index contributed by atoms with van der Waals surface area (Å²) in [4.78, 5) is 11.9. The Hall–Kier alpha value is -0.650. The molecule has 0 bridgehead atoms. The van der Waals surface area contributed by atoms with Gasteiger partial charge in [-0.3, -0.25) is 4.79 Å². The highest BCUT2D eigenvalue weighted by Gasteiger charge is 2.15. The Balaban J connectivity index is 1.62. The third kappa shape index (κ3) is 6.23. The molecule has 1 aliphatic rings. The first-order chi connectivity index (χ1) is 10.8. The molecule has 1 amide bonds. The largest absolute Gasteiger partial charge is 0.380 e. The van der Waals surface area contributed by atoms with Gasteiger partial charge in [0.25, 0.3) is 0 Å². The molecule has 122 valence electrons. The molecule has 5 heteroatoms. The number of carbonyl (C=O) groups excluding carboxylic acids is 1. The minimum absolute atomic E-state index is 0.153. The summed E-state index contributed by atoms with van der Waals surface area (Å²) in [5, 5.41) is 3.84. The minimum Gasteiger partial charge on any atom is -0.380 e. The van der Waals surface area contributed by atoms with Crippen LogP contribution in [0.3, 0.4) is 0 Å². The summed E-state index contributed by atoms with van der Waals surface area (Å²) in [6.45, 7) is 1.18. The van der Waals surface area contributed by atoms with E-state index in [-0.39, 0.29) is 5.91 Å². The molecule has 0 saturated carbocycles. The molecule has 22 heavy (non-hydrogen) atoms. The average Bonchev–Trinajstić information content (AvgIpc) is 3.04. The van der Waals surface area contributed by atoms with Gasteiger partial charge in [-0.15, -0.1) is 0 Å². The Morgan fingerprint density at radius 2 is 2.14 bits per heavy atom. The van der Waals surface area contributed by atoms with Crippen molar-refractivity contribution in [1.82, 2.24) is 5.32 Å². The Morgan fingerprint density at radius 3 is 2.86 bits per heavy atom. The van der Waals surface area contributed by atoms with Crippen molar-refractivity contribution >= 4 is 27.5 Å². The van der Waals surface area contributed by atoms with E-state index in [4.69, 9.17) is 4.74 Å². The highest BCUT2D eigenvalue weighted by molar-refractivity contribution is 8.77. The van der Waals surface area contributed by atoms with Crippen molar-refractivity contribution < 1.29 is 9.53 Å². The van der Waals surface area contributed by atoms with E-state index >= 15 is 0 Å². The number of amides is 1. The second-order valence-electron chi connectivity index (χ2n) is 5.55. The predicted molar refractivity (Wildman–Crippen MR) is 95.9 cm³/mol. The lowest BCUT2D eigenvalue weighted by molar-refractivity contribution is -0.121. The molecule has 2 rings (SSSR count). The maximum absolute atomic E-state index is 11.9. The number of carbonyl (C=O) groups is 1. The quantitative estimate of drug-likeness (QED) is 0.541. The molecule has 0 aliphatic carbocycles. The normalized spacial score (nSPS) is 17.6. The molecule has 1 unspecified atom stereocenters. The van der Waals surface area contributed by atoms with E-state index in [1.807, 2.05) is 45.9 Å². The van der Waals surface area contributed by atoms with Crippen molar-refractivity contribution in [3.63, 3.8) is 0 Å². The van der Waals surface area contributed by atoms with Crippen LogP contribution in [0.15, 0.2) is 24.3 Å². The number of benzene rings is 1. The van der Waals surface area contributed by atoms with Crippen molar-refractivity contribution in [1.29, 1.82) is 0 Å². The fraction of sp³-hybridized carbons (Fsp3) is 0.588. The van der Waals surface area contributed by atoms with Gasteiger partial charge >= 0.3 is 0 Å². The molecule has 1 aromatic rings. The van der Waals surface area contributed by atoms with E-state index in [1.165, 1.54) is 18.6 Å². The maximum atomic E-state index is 11.9. The van der Waals surface area contributed by atoms with Crippen LogP contribution in [-0.2, 0) is 22.7 Å². The first-order valence-electron chi connectivity index (χ1n) is 7.90. The van der Waals surface area contributed by atoms with Gasteiger partial charge in [0.1, 0.15) is 0 Å². The van der Waals surface area contributed by atoms with Gasteiger partial charge in [-0.05, 0) is 30.4 Å². The predicted octanol–water partition coefficient (Wildman–Crippen LogP) is 4.16. The van der Waals surface area contributed by atoms with Crippen LogP contribution in [0.5, 0.6) is 0 Å². The minimum atomic E-state index is 0.153. The van der Waals surface area contributed by atoms with Crippen molar-refractivity contribution in [3.8, 4) is 0 Å². The Morgan fingerprint density at radius 1 is 1.32 bits per heavy atom. The van der Waals surface area contributed by atoms with Crippen molar-refractivity contribution in [2.45, 2.75) is 50.5 Å². The van der Waals surface area contributed by atoms with E-state index in [9.17, 15) is 4.79 Å². The van der Waals surface area contributed by atoms with Crippen LogP contribution in [0.1, 0.15) is 43.2 Å². The van der Waals surface area contributed by atoms with E-state index in [0.29, 0.717) is 19.6 Å². The van der Waals surface area contributed by atoms with E-state index in [2.05, 4.69) is 5.32 Å². The van der Waals surface area contributed by atoms with Crippen LogP contribution in [0, 0.1) is 0 Å². The van der Waals surface area contributed by atoms with Gasteiger partial charge in [0.2, 0.25) is 5.91 Å². The van der Waals surface area contributed by atoms with Crippen LogP contribution >= 0.6 is 21.6 Å². The molecule has 1 aromatic carbocycles. The van der Waals surface area contributed by atoms with Crippen LogP contribution in [0.4, 0.5) is 0 Å². The molecule has 0 aromatic heterocycles. The fourth-order valence-corrected chi connectivity index (χ4v) is 5.56. The summed E-state index contributed by atoms with van der Waals surface area (Å²) >= 11 is 0. The average molecular weight is 340 g/mol. The first kappa shape index (κ1) is 17.7. The van der Waals surface area contributed by atoms with Gasteiger partial charge < -0.3 is 10.1 Å². The Kier molecular flexibility index (Phi) is 8.20. The van der Waals surface area contributed by atoms with Crippen molar-refractivity contribution in [3.05, 3.63) is 35.4 Å². The van der Waals surface area contributed by atoms with E-state index in [0.717, 1.165) is 29.2 Å². The summed E-state index contributed by atoms with van der Waals surface area (Å²) in [6, 6.07) is 8.09. The molecule has 1 saturated heterocycles. The smallest absolute Gasteiger partial charge is 0.220 e. The van der Waals surface area contributed by atoms with Gasteiger partial charge in [-0.2, -0.15) is 0 Å². The van der Waals surface area contributed by atoms with Gasteiger partial charge in [-0.1, -0.05) is 52.3 Å². The van der Waals surface area contributed by atoms with Crippen molar-refractivity contribution in [2.75, 3.05) is 12.9 Å². The second kappa shape index (κ2) is 10.2. The molecular formula is C17H25NO2S2. The summed E-state index contributed by atoms with van der Waals surface area (Å²) in [7, 11) is 5.69. The summed E-state index contributed by atoms with van der Waals surface area (Å²) in [5.74, 6) is 1.44. The third-order valence-corrected chi connectivity index (χ3v) is 6.81. The number of hydrogen-bond acceptors (Lipinski definition) is 4. The molecule has 1 aliphatic heterocycles. The van der Waals surface area contributed by atoms with Crippen molar-refractivity contribution in [2.24, 2.45) is 0 Å². The van der Waals surface area contributed by atoms with Gasteiger partial charge in [0.15, 0.2) is 0 Å². The van der Waals surface area contributed by atoms with Gasteiger partial charge in [-0.25, -0.2) is 0 Å². The summed E-state index contributed by atoms with van der Waals surface area (Å²) in [5.41, 5.74) is 2.28. The van der Waals surface area contributed by atoms with E-state index in [1.54, 1.807) is 7.11 Å². The van der Waals surface area contributed by atoms with Crippen LogP contribution in [-0.4, -0.2) is 24.0 Å². The number of rotatable bonds is 9. The maximum Gasteiger partial charge on any atom is 0.220 e. The molecule has 1 N–H and O–H groups in total. The Labute approximate surface area is 141 Å². The Bertz CT molecular complexity index is 462. The van der Waals surface area contributed by atoms with Gasteiger partial charge in [0, 0.05) is 31.1 Å². The van der Waals surface area contributed by atoms with Crippen LogP contribution in [0.25, 0.3) is 0 Å². The third-order valence-electron chi connectivity index (χ3n) is 3.80. The second-order valence-corrected chi connectivity index (χ2v) is 8.34. The molecule has 0 radical (unpaired) electrons. The molecule has 0 spiro atoms.